The van der Waals surface area contributed by atoms with Crippen LogP contribution < -0.4 is 15.6 Å². The van der Waals surface area contributed by atoms with E-state index in [1.54, 1.807) is 19.1 Å². The molecule has 1 aromatic heterocycles. The largest absolute Gasteiger partial charge is 0.480 e. The van der Waals surface area contributed by atoms with Crippen LogP contribution in [0, 0.1) is 0 Å². The minimum absolute atomic E-state index is 0.154. The summed E-state index contributed by atoms with van der Waals surface area (Å²) in [6, 6.07) is 17.0. The van der Waals surface area contributed by atoms with E-state index in [2.05, 4.69) is 10.4 Å². The monoisotopic (exact) mass is 377 g/mol. The molecule has 1 amide bonds. The van der Waals surface area contributed by atoms with Crippen molar-refractivity contribution >= 4 is 16.7 Å². The molecule has 1 aliphatic rings. The second-order valence-corrected chi connectivity index (χ2v) is 7.12. The summed E-state index contributed by atoms with van der Waals surface area (Å²) in [5, 5.41) is 9.26. The SMILES string of the molecule is CC(Oc1cccc2ccccc12)C(=O)NCCn1nc(C2CC2)ccc1=O. The van der Waals surface area contributed by atoms with Crippen LogP contribution in [-0.2, 0) is 11.3 Å². The van der Waals surface area contributed by atoms with Crippen LogP contribution in [0.3, 0.4) is 0 Å². The predicted molar refractivity (Wildman–Crippen MR) is 108 cm³/mol. The van der Waals surface area contributed by atoms with Crippen LogP contribution in [-0.4, -0.2) is 28.3 Å². The zero-order valence-electron chi connectivity index (χ0n) is 15.8. The van der Waals surface area contributed by atoms with Gasteiger partial charge in [0.1, 0.15) is 5.75 Å². The maximum atomic E-state index is 12.4. The average molecular weight is 377 g/mol. The molecule has 1 N–H and O–H groups in total. The van der Waals surface area contributed by atoms with E-state index in [0.717, 1.165) is 29.3 Å². The van der Waals surface area contributed by atoms with E-state index < -0.39 is 6.10 Å². The number of nitrogens with one attached hydrogen (secondary N) is 1. The Bertz CT molecular complexity index is 1050. The molecule has 4 rings (SSSR count). The van der Waals surface area contributed by atoms with Gasteiger partial charge in [0.2, 0.25) is 0 Å². The van der Waals surface area contributed by atoms with Gasteiger partial charge in [-0.25, -0.2) is 4.68 Å². The molecule has 6 nitrogen and oxygen atoms in total. The van der Waals surface area contributed by atoms with Crippen LogP contribution in [0.2, 0.25) is 0 Å². The van der Waals surface area contributed by atoms with Gasteiger partial charge < -0.3 is 10.1 Å². The molecular formula is C22H23N3O3. The van der Waals surface area contributed by atoms with Crippen molar-refractivity contribution in [3.05, 3.63) is 70.6 Å². The summed E-state index contributed by atoms with van der Waals surface area (Å²) in [5.74, 6) is 0.936. The number of nitrogens with zero attached hydrogens (tertiary/aromatic N) is 2. The Hall–Kier alpha value is -3.15. The molecule has 28 heavy (non-hydrogen) atoms. The molecule has 1 atom stereocenters. The summed E-state index contributed by atoms with van der Waals surface area (Å²) in [7, 11) is 0. The van der Waals surface area contributed by atoms with Gasteiger partial charge in [-0.15, -0.1) is 0 Å². The first-order chi connectivity index (χ1) is 13.6. The molecule has 0 radical (unpaired) electrons. The Balaban J connectivity index is 1.35. The number of ether oxygens (including phenoxy) is 1. The molecule has 0 bridgehead atoms. The van der Waals surface area contributed by atoms with Crippen molar-refractivity contribution in [2.75, 3.05) is 6.54 Å². The Labute approximate surface area is 163 Å². The highest BCUT2D eigenvalue weighted by atomic mass is 16.5. The van der Waals surface area contributed by atoms with Crippen LogP contribution in [0.4, 0.5) is 0 Å². The third-order valence-electron chi connectivity index (χ3n) is 4.93. The quantitative estimate of drug-likeness (QED) is 0.687. The molecule has 0 aliphatic heterocycles. The minimum atomic E-state index is -0.645. The maximum Gasteiger partial charge on any atom is 0.266 e. The number of rotatable bonds is 7. The van der Waals surface area contributed by atoms with Gasteiger partial charge in [0, 0.05) is 23.9 Å². The van der Waals surface area contributed by atoms with Crippen molar-refractivity contribution in [1.29, 1.82) is 0 Å². The molecular weight excluding hydrogens is 354 g/mol. The summed E-state index contributed by atoms with van der Waals surface area (Å²) in [5.41, 5.74) is 0.803. The Kier molecular flexibility index (Phi) is 5.10. The van der Waals surface area contributed by atoms with Gasteiger partial charge in [-0.2, -0.15) is 5.10 Å². The van der Waals surface area contributed by atoms with Crippen LogP contribution in [0.15, 0.2) is 59.4 Å². The van der Waals surface area contributed by atoms with Gasteiger partial charge in [-0.05, 0) is 37.3 Å². The topological polar surface area (TPSA) is 73.2 Å². The normalized spacial score (nSPS) is 14.6. The lowest BCUT2D eigenvalue weighted by Crippen LogP contribution is -2.39. The Morgan fingerprint density at radius 2 is 1.96 bits per heavy atom. The van der Waals surface area contributed by atoms with E-state index in [9.17, 15) is 9.59 Å². The highest BCUT2D eigenvalue weighted by Crippen LogP contribution is 2.38. The van der Waals surface area contributed by atoms with Crippen molar-refractivity contribution in [2.45, 2.75) is 38.3 Å². The molecule has 1 unspecified atom stereocenters. The molecule has 6 heteroatoms. The number of aromatic nitrogens is 2. The molecule has 144 valence electrons. The summed E-state index contributed by atoms with van der Waals surface area (Å²) < 4.78 is 7.30. The molecule has 2 aromatic carbocycles. The third kappa shape index (κ3) is 4.06. The number of carbonyl (C=O) groups excluding carboxylic acids is 1. The van der Waals surface area contributed by atoms with E-state index in [1.165, 1.54) is 4.68 Å². The minimum Gasteiger partial charge on any atom is -0.480 e. The smallest absolute Gasteiger partial charge is 0.266 e. The molecule has 1 saturated carbocycles. The molecule has 0 saturated heterocycles. The number of fused-ring (bicyclic) bond motifs is 1. The fourth-order valence-corrected chi connectivity index (χ4v) is 3.19. The van der Waals surface area contributed by atoms with Gasteiger partial charge >= 0.3 is 0 Å². The Morgan fingerprint density at radius 3 is 2.79 bits per heavy atom. The van der Waals surface area contributed by atoms with Crippen LogP contribution in [0.1, 0.15) is 31.4 Å². The van der Waals surface area contributed by atoms with E-state index in [4.69, 9.17) is 4.74 Å². The summed E-state index contributed by atoms with van der Waals surface area (Å²) in [6.07, 6.45) is 1.61. The summed E-state index contributed by atoms with van der Waals surface area (Å²) >= 11 is 0. The van der Waals surface area contributed by atoms with Gasteiger partial charge in [-0.3, -0.25) is 9.59 Å². The van der Waals surface area contributed by atoms with Gasteiger partial charge in [-0.1, -0.05) is 36.4 Å². The number of benzene rings is 2. The third-order valence-corrected chi connectivity index (χ3v) is 4.93. The van der Waals surface area contributed by atoms with E-state index in [-0.39, 0.29) is 11.5 Å². The van der Waals surface area contributed by atoms with Crippen LogP contribution in [0.5, 0.6) is 5.75 Å². The lowest BCUT2D eigenvalue weighted by molar-refractivity contribution is -0.127. The van der Waals surface area contributed by atoms with Crippen molar-refractivity contribution in [3.8, 4) is 5.75 Å². The molecule has 3 aromatic rings. The Morgan fingerprint density at radius 1 is 1.18 bits per heavy atom. The first-order valence-corrected chi connectivity index (χ1v) is 9.62. The lowest BCUT2D eigenvalue weighted by atomic mass is 10.1. The van der Waals surface area contributed by atoms with E-state index >= 15 is 0 Å². The predicted octanol–water partition coefficient (Wildman–Crippen LogP) is 2.86. The number of carbonyl (C=O) groups is 1. The van der Waals surface area contributed by atoms with Crippen molar-refractivity contribution in [3.63, 3.8) is 0 Å². The fraction of sp³-hybridized carbons (Fsp3) is 0.318. The molecule has 0 spiro atoms. The van der Waals surface area contributed by atoms with E-state index in [0.29, 0.717) is 24.8 Å². The van der Waals surface area contributed by atoms with Gasteiger partial charge in [0.15, 0.2) is 6.10 Å². The van der Waals surface area contributed by atoms with E-state index in [1.807, 2.05) is 42.5 Å². The highest BCUT2D eigenvalue weighted by molar-refractivity contribution is 5.89. The van der Waals surface area contributed by atoms with Crippen LogP contribution in [0.25, 0.3) is 10.8 Å². The first-order valence-electron chi connectivity index (χ1n) is 9.62. The molecule has 1 heterocycles. The second kappa shape index (κ2) is 7.84. The molecule has 1 fully saturated rings. The second-order valence-electron chi connectivity index (χ2n) is 7.12. The fourth-order valence-electron chi connectivity index (χ4n) is 3.19. The van der Waals surface area contributed by atoms with Crippen LogP contribution >= 0.6 is 0 Å². The summed E-state index contributed by atoms with van der Waals surface area (Å²) in [4.78, 5) is 24.4. The summed E-state index contributed by atoms with van der Waals surface area (Å²) in [6.45, 7) is 2.38. The number of hydrogen-bond donors (Lipinski definition) is 1. The number of amides is 1. The van der Waals surface area contributed by atoms with Crippen molar-refractivity contribution in [1.82, 2.24) is 15.1 Å². The van der Waals surface area contributed by atoms with Gasteiger partial charge in [0.05, 0.1) is 12.2 Å². The molecule has 1 aliphatic carbocycles. The maximum absolute atomic E-state index is 12.4. The van der Waals surface area contributed by atoms with Crippen molar-refractivity contribution < 1.29 is 9.53 Å². The van der Waals surface area contributed by atoms with Crippen molar-refractivity contribution in [2.24, 2.45) is 0 Å². The average Bonchev–Trinajstić information content (AvgIpc) is 3.55. The highest BCUT2D eigenvalue weighted by Gasteiger charge is 2.25. The zero-order chi connectivity index (χ0) is 19.5. The zero-order valence-corrected chi connectivity index (χ0v) is 15.8. The van der Waals surface area contributed by atoms with Gasteiger partial charge in [0.25, 0.3) is 11.5 Å². The number of hydrogen-bond acceptors (Lipinski definition) is 4. The first kappa shape index (κ1) is 18.2. The lowest BCUT2D eigenvalue weighted by Gasteiger charge is -2.16. The standard InChI is InChI=1S/C22H23N3O3/c1-15(28-20-8-4-6-16-5-2-3-7-18(16)20)22(27)23-13-14-25-21(26)12-11-19(24-25)17-9-10-17/h2-8,11-12,15,17H,9-10,13-14H2,1H3,(H,23,27).